The molecule has 0 aliphatic heterocycles. The SMILES string of the molecule is CN(C)C(=O)CN(C)S(=O)(=O)c1ccc(Cl)nc1. The molecular formula is C10H14ClN3O3S. The van der Waals surface area contributed by atoms with Gasteiger partial charge < -0.3 is 4.90 Å². The normalized spacial score (nSPS) is 11.6. The second kappa shape index (κ2) is 5.64. The molecule has 0 unspecified atom stereocenters. The fourth-order valence-corrected chi connectivity index (χ4v) is 2.29. The molecule has 1 rings (SSSR count). The van der Waals surface area contributed by atoms with Gasteiger partial charge >= 0.3 is 0 Å². The van der Waals surface area contributed by atoms with E-state index >= 15 is 0 Å². The van der Waals surface area contributed by atoms with Crippen molar-refractivity contribution in [2.75, 3.05) is 27.7 Å². The Bertz CT molecular complexity index is 528. The summed E-state index contributed by atoms with van der Waals surface area (Å²) in [5.74, 6) is -0.303. The average Bonchev–Trinajstić information content (AvgIpc) is 2.29. The van der Waals surface area contributed by atoms with Crippen LogP contribution in [0.15, 0.2) is 23.2 Å². The van der Waals surface area contributed by atoms with Crippen LogP contribution in [-0.2, 0) is 14.8 Å². The van der Waals surface area contributed by atoms with Gasteiger partial charge in [0.1, 0.15) is 10.0 Å². The lowest BCUT2D eigenvalue weighted by Gasteiger charge is -2.18. The minimum atomic E-state index is -3.72. The van der Waals surface area contributed by atoms with Crippen LogP contribution in [0, 0.1) is 0 Å². The second-order valence-electron chi connectivity index (χ2n) is 3.87. The van der Waals surface area contributed by atoms with Crippen LogP contribution in [0.4, 0.5) is 0 Å². The molecule has 0 atom stereocenters. The van der Waals surface area contributed by atoms with Crippen LogP contribution in [0.5, 0.6) is 0 Å². The van der Waals surface area contributed by atoms with Gasteiger partial charge in [-0.15, -0.1) is 0 Å². The maximum atomic E-state index is 12.1. The summed E-state index contributed by atoms with van der Waals surface area (Å²) in [5, 5.41) is 0.209. The summed E-state index contributed by atoms with van der Waals surface area (Å²) in [6.07, 6.45) is 1.16. The lowest BCUT2D eigenvalue weighted by atomic mass is 10.5. The molecular weight excluding hydrogens is 278 g/mol. The third kappa shape index (κ3) is 3.41. The molecule has 18 heavy (non-hydrogen) atoms. The van der Waals surface area contributed by atoms with Gasteiger partial charge in [0, 0.05) is 27.3 Å². The number of hydrogen-bond donors (Lipinski definition) is 0. The molecule has 1 aromatic heterocycles. The minimum absolute atomic E-state index is 0.000885. The van der Waals surface area contributed by atoms with Crippen LogP contribution in [0.2, 0.25) is 5.15 Å². The van der Waals surface area contributed by atoms with Crippen molar-refractivity contribution in [3.63, 3.8) is 0 Å². The van der Waals surface area contributed by atoms with Gasteiger partial charge in [-0.25, -0.2) is 13.4 Å². The van der Waals surface area contributed by atoms with E-state index in [0.29, 0.717) is 0 Å². The minimum Gasteiger partial charge on any atom is -0.348 e. The van der Waals surface area contributed by atoms with Crippen molar-refractivity contribution in [2.45, 2.75) is 4.90 Å². The zero-order valence-corrected chi connectivity index (χ0v) is 11.9. The largest absolute Gasteiger partial charge is 0.348 e. The number of halogens is 1. The third-order valence-corrected chi connectivity index (χ3v) is 4.28. The Kier molecular flexibility index (Phi) is 4.66. The predicted octanol–water partition coefficient (Wildman–Crippen LogP) is 0.444. The lowest BCUT2D eigenvalue weighted by molar-refractivity contribution is -0.128. The summed E-state index contributed by atoms with van der Waals surface area (Å²) >= 11 is 5.59. The van der Waals surface area contributed by atoms with Gasteiger partial charge in [-0.2, -0.15) is 4.31 Å². The van der Waals surface area contributed by atoms with Crippen LogP contribution in [0.3, 0.4) is 0 Å². The molecule has 1 amide bonds. The van der Waals surface area contributed by atoms with Gasteiger partial charge in [0.05, 0.1) is 6.54 Å². The van der Waals surface area contributed by atoms with Gasteiger partial charge in [-0.1, -0.05) is 11.6 Å². The maximum Gasteiger partial charge on any atom is 0.244 e. The summed E-state index contributed by atoms with van der Waals surface area (Å²) in [6, 6.07) is 2.73. The summed E-state index contributed by atoms with van der Waals surface area (Å²) in [5.41, 5.74) is 0. The van der Waals surface area contributed by atoms with E-state index in [-0.39, 0.29) is 22.5 Å². The molecule has 0 bridgehead atoms. The van der Waals surface area contributed by atoms with E-state index in [2.05, 4.69) is 4.98 Å². The number of pyridine rings is 1. The smallest absolute Gasteiger partial charge is 0.244 e. The highest BCUT2D eigenvalue weighted by Crippen LogP contribution is 2.14. The van der Waals surface area contributed by atoms with Crippen LogP contribution in [-0.4, -0.2) is 56.2 Å². The van der Waals surface area contributed by atoms with Gasteiger partial charge in [0.25, 0.3) is 0 Å². The Hall–Kier alpha value is -1.18. The van der Waals surface area contributed by atoms with Crippen molar-refractivity contribution < 1.29 is 13.2 Å². The first kappa shape index (κ1) is 14.9. The highest BCUT2D eigenvalue weighted by atomic mass is 35.5. The first-order chi connectivity index (χ1) is 8.25. The second-order valence-corrected chi connectivity index (χ2v) is 6.30. The van der Waals surface area contributed by atoms with E-state index in [0.717, 1.165) is 10.5 Å². The van der Waals surface area contributed by atoms with Crippen LogP contribution in [0.25, 0.3) is 0 Å². The van der Waals surface area contributed by atoms with E-state index in [1.165, 1.54) is 24.1 Å². The summed E-state index contributed by atoms with van der Waals surface area (Å²) in [6.45, 7) is -0.224. The maximum absolute atomic E-state index is 12.1. The summed E-state index contributed by atoms with van der Waals surface area (Å²) in [4.78, 5) is 16.5. The number of carbonyl (C=O) groups is 1. The number of carbonyl (C=O) groups excluding carboxylic acids is 1. The molecule has 0 saturated carbocycles. The molecule has 0 aliphatic carbocycles. The van der Waals surface area contributed by atoms with Crippen molar-refractivity contribution in [1.29, 1.82) is 0 Å². The van der Waals surface area contributed by atoms with Gasteiger partial charge in [0.15, 0.2) is 0 Å². The van der Waals surface area contributed by atoms with Crippen molar-refractivity contribution in [1.82, 2.24) is 14.2 Å². The molecule has 100 valence electrons. The number of sulfonamides is 1. The van der Waals surface area contributed by atoms with Gasteiger partial charge in [-0.3, -0.25) is 4.79 Å². The fraction of sp³-hybridized carbons (Fsp3) is 0.400. The molecule has 1 heterocycles. The molecule has 6 nitrogen and oxygen atoms in total. The molecule has 1 aromatic rings. The molecule has 0 saturated heterocycles. The van der Waals surface area contributed by atoms with E-state index in [9.17, 15) is 13.2 Å². The zero-order valence-electron chi connectivity index (χ0n) is 10.3. The van der Waals surface area contributed by atoms with Crippen molar-refractivity contribution >= 4 is 27.5 Å². The molecule has 0 radical (unpaired) electrons. The van der Waals surface area contributed by atoms with Crippen LogP contribution in [0.1, 0.15) is 0 Å². The number of aromatic nitrogens is 1. The van der Waals surface area contributed by atoms with Crippen molar-refractivity contribution in [3.8, 4) is 0 Å². The first-order valence-corrected chi connectivity index (χ1v) is 6.85. The number of likely N-dealkylation sites (N-methyl/N-ethyl adjacent to an activating group) is 2. The molecule has 8 heteroatoms. The predicted molar refractivity (Wildman–Crippen MR) is 67.8 cm³/mol. The highest BCUT2D eigenvalue weighted by Gasteiger charge is 2.23. The number of nitrogens with zero attached hydrogens (tertiary/aromatic N) is 3. The molecule has 0 fully saturated rings. The molecule has 0 aromatic carbocycles. The zero-order chi connectivity index (χ0) is 13.9. The number of rotatable bonds is 4. The Labute approximate surface area is 111 Å². The summed E-state index contributed by atoms with van der Waals surface area (Å²) < 4.78 is 25.1. The number of amides is 1. The standard InChI is InChI=1S/C10H14ClN3O3S/c1-13(2)10(15)7-14(3)18(16,17)8-4-5-9(11)12-6-8/h4-6H,7H2,1-3H3. The topological polar surface area (TPSA) is 70.6 Å². The monoisotopic (exact) mass is 291 g/mol. The van der Waals surface area contributed by atoms with Crippen molar-refractivity contribution in [3.05, 3.63) is 23.5 Å². The third-order valence-electron chi connectivity index (χ3n) is 2.27. The van der Waals surface area contributed by atoms with E-state index in [1.807, 2.05) is 0 Å². The van der Waals surface area contributed by atoms with E-state index in [1.54, 1.807) is 14.1 Å². The summed E-state index contributed by atoms with van der Waals surface area (Å²) in [7, 11) is 0.743. The Morgan fingerprint density at radius 2 is 1.94 bits per heavy atom. The molecule has 0 spiro atoms. The highest BCUT2D eigenvalue weighted by molar-refractivity contribution is 7.89. The molecule has 0 aliphatic rings. The fourth-order valence-electron chi connectivity index (χ4n) is 1.11. The first-order valence-electron chi connectivity index (χ1n) is 5.03. The Balaban J connectivity index is 2.93. The Morgan fingerprint density at radius 3 is 2.39 bits per heavy atom. The van der Waals surface area contributed by atoms with E-state index in [4.69, 9.17) is 11.6 Å². The quantitative estimate of drug-likeness (QED) is 0.755. The van der Waals surface area contributed by atoms with Crippen molar-refractivity contribution in [2.24, 2.45) is 0 Å². The van der Waals surface area contributed by atoms with Gasteiger partial charge in [0.2, 0.25) is 15.9 Å². The Morgan fingerprint density at radius 1 is 1.33 bits per heavy atom. The van der Waals surface area contributed by atoms with Gasteiger partial charge in [-0.05, 0) is 12.1 Å². The molecule has 0 N–H and O–H groups in total. The number of hydrogen-bond acceptors (Lipinski definition) is 4. The van der Waals surface area contributed by atoms with Crippen LogP contribution < -0.4 is 0 Å². The average molecular weight is 292 g/mol. The van der Waals surface area contributed by atoms with Crippen LogP contribution >= 0.6 is 11.6 Å². The van der Waals surface area contributed by atoms with E-state index < -0.39 is 10.0 Å². The lowest BCUT2D eigenvalue weighted by Crippen LogP contribution is -2.37.